The first kappa shape index (κ1) is 23.0. The summed E-state index contributed by atoms with van der Waals surface area (Å²) >= 11 is 0. The van der Waals surface area contributed by atoms with Crippen LogP contribution in [0.2, 0.25) is 0 Å². The van der Waals surface area contributed by atoms with Crippen molar-refractivity contribution in [2.24, 2.45) is 0 Å². The number of hydrogen-bond donors (Lipinski definition) is 1. The van der Waals surface area contributed by atoms with E-state index in [9.17, 15) is 14.0 Å². The van der Waals surface area contributed by atoms with Gasteiger partial charge in [-0.2, -0.15) is 0 Å². The van der Waals surface area contributed by atoms with E-state index in [1.165, 1.54) is 18.6 Å². The number of hydrogen-bond acceptors (Lipinski definition) is 2. The van der Waals surface area contributed by atoms with E-state index in [1.807, 2.05) is 38.1 Å². The molecule has 3 rings (SSSR count). The quantitative estimate of drug-likeness (QED) is 0.653. The minimum atomic E-state index is -0.533. The molecule has 1 atom stereocenters. The van der Waals surface area contributed by atoms with Crippen molar-refractivity contribution in [3.63, 3.8) is 0 Å². The number of nitrogens with zero attached hydrogens (tertiary/aromatic N) is 1. The van der Waals surface area contributed by atoms with Crippen LogP contribution in [0.5, 0.6) is 0 Å². The number of aryl methyl sites for hydroxylation is 1. The van der Waals surface area contributed by atoms with Crippen molar-refractivity contribution < 1.29 is 14.0 Å². The molecule has 0 aliphatic heterocycles. The van der Waals surface area contributed by atoms with Gasteiger partial charge in [-0.3, -0.25) is 9.59 Å². The first-order chi connectivity index (χ1) is 15.0. The lowest BCUT2D eigenvalue weighted by Gasteiger charge is -2.33. The molecule has 2 aromatic carbocycles. The summed E-state index contributed by atoms with van der Waals surface area (Å²) in [5.41, 5.74) is 2.85. The number of amides is 2. The zero-order chi connectivity index (χ0) is 22.2. The van der Waals surface area contributed by atoms with E-state index in [4.69, 9.17) is 0 Å². The van der Waals surface area contributed by atoms with Crippen LogP contribution in [0.1, 0.15) is 62.1 Å². The SMILES string of the molecule is CC[C@@H](C(=O)NC1CCCCC1)N(Cc1ccccc1C)C(=O)Cc1ccc(F)cc1. The van der Waals surface area contributed by atoms with Crippen LogP contribution in [0.3, 0.4) is 0 Å². The summed E-state index contributed by atoms with van der Waals surface area (Å²) in [5.74, 6) is -0.526. The van der Waals surface area contributed by atoms with Gasteiger partial charge in [-0.1, -0.05) is 62.6 Å². The first-order valence-electron chi connectivity index (χ1n) is 11.4. The number of carbonyl (C=O) groups excluding carboxylic acids is 2. The molecular formula is C26H33FN2O2. The van der Waals surface area contributed by atoms with Gasteiger partial charge in [-0.15, -0.1) is 0 Å². The van der Waals surface area contributed by atoms with Crippen molar-refractivity contribution in [3.05, 3.63) is 71.0 Å². The Kier molecular flexibility index (Phi) is 8.21. The van der Waals surface area contributed by atoms with Crippen LogP contribution >= 0.6 is 0 Å². The Hall–Kier alpha value is -2.69. The van der Waals surface area contributed by atoms with Crippen LogP contribution in [0.4, 0.5) is 4.39 Å². The van der Waals surface area contributed by atoms with E-state index in [-0.39, 0.29) is 30.1 Å². The Morgan fingerprint density at radius 3 is 2.39 bits per heavy atom. The minimum absolute atomic E-state index is 0.0737. The topological polar surface area (TPSA) is 49.4 Å². The molecule has 31 heavy (non-hydrogen) atoms. The third-order valence-electron chi connectivity index (χ3n) is 6.21. The van der Waals surface area contributed by atoms with Crippen LogP contribution in [0.15, 0.2) is 48.5 Å². The molecule has 0 radical (unpaired) electrons. The van der Waals surface area contributed by atoms with Gasteiger partial charge < -0.3 is 10.2 Å². The summed E-state index contributed by atoms with van der Waals surface area (Å²) in [6.07, 6.45) is 6.18. The molecule has 0 spiro atoms. The second-order valence-electron chi connectivity index (χ2n) is 8.52. The maximum atomic E-state index is 13.4. The summed E-state index contributed by atoms with van der Waals surface area (Å²) in [5, 5.41) is 3.19. The molecule has 0 aromatic heterocycles. The van der Waals surface area contributed by atoms with Crippen molar-refractivity contribution in [2.45, 2.75) is 77.4 Å². The highest BCUT2D eigenvalue weighted by Gasteiger charge is 2.30. The number of rotatable bonds is 8. The number of benzene rings is 2. The number of halogens is 1. The Balaban J connectivity index is 1.81. The molecule has 1 saturated carbocycles. The largest absolute Gasteiger partial charge is 0.352 e. The zero-order valence-corrected chi connectivity index (χ0v) is 18.6. The van der Waals surface area contributed by atoms with Gasteiger partial charge in [0.15, 0.2) is 0 Å². The fourth-order valence-corrected chi connectivity index (χ4v) is 4.31. The summed E-state index contributed by atoms with van der Waals surface area (Å²) < 4.78 is 13.3. The van der Waals surface area contributed by atoms with E-state index in [2.05, 4.69) is 5.32 Å². The van der Waals surface area contributed by atoms with E-state index in [0.29, 0.717) is 13.0 Å². The van der Waals surface area contributed by atoms with Gasteiger partial charge in [0.25, 0.3) is 0 Å². The van der Waals surface area contributed by atoms with E-state index in [0.717, 1.165) is 42.4 Å². The monoisotopic (exact) mass is 424 g/mol. The second-order valence-corrected chi connectivity index (χ2v) is 8.52. The summed E-state index contributed by atoms with van der Waals surface area (Å²) in [6.45, 7) is 4.34. The van der Waals surface area contributed by atoms with Crippen LogP contribution in [-0.4, -0.2) is 28.8 Å². The lowest BCUT2D eigenvalue weighted by atomic mass is 9.95. The van der Waals surface area contributed by atoms with Crippen LogP contribution in [0.25, 0.3) is 0 Å². The number of nitrogens with one attached hydrogen (secondary N) is 1. The molecule has 1 fully saturated rings. The van der Waals surface area contributed by atoms with Gasteiger partial charge in [0.05, 0.1) is 6.42 Å². The lowest BCUT2D eigenvalue weighted by molar-refractivity contribution is -0.141. The van der Waals surface area contributed by atoms with Gasteiger partial charge >= 0.3 is 0 Å². The van der Waals surface area contributed by atoms with Crippen molar-refractivity contribution in [1.29, 1.82) is 0 Å². The molecule has 0 saturated heterocycles. The lowest BCUT2D eigenvalue weighted by Crippen LogP contribution is -2.52. The Morgan fingerprint density at radius 2 is 1.74 bits per heavy atom. The Morgan fingerprint density at radius 1 is 1.06 bits per heavy atom. The van der Waals surface area contributed by atoms with Gasteiger partial charge in [0, 0.05) is 12.6 Å². The van der Waals surface area contributed by atoms with E-state index in [1.54, 1.807) is 17.0 Å². The molecule has 0 heterocycles. The normalized spacial score (nSPS) is 15.3. The van der Waals surface area contributed by atoms with Gasteiger partial charge in [-0.25, -0.2) is 4.39 Å². The van der Waals surface area contributed by atoms with Crippen LogP contribution in [-0.2, 0) is 22.6 Å². The predicted molar refractivity (Wildman–Crippen MR) is 121 cm³/mol. The molecule has 0 unspecified atom stereocenters. The van der Waals surface area contributed by atoms with Crippen molar-refractivity contribution in [3.8, 4) is 0 Å². The third-order valence-corrected chi connectivity index (χ3v) is 6.21. The summed E-state index contributed by atoms with van der Waals surface area (Å²) in [7, 11) is 0. The highest BCUT2D eigenvalue weighted by molar-refractivity contribution is 5.88. The summed E-state index contributed by atoms with van der Waals surface area (Å²) in [6, 6.07) is 13.6. The first-order valence-corrected chi connectivity index (χ1v) is 11.4. The molecule has 1 aliphatic carbocycles. The molecule has 0 bridgehead atoms. The second kappa shape index (κ2) is 11.1. The third kappa shape index (κ3) is 6.39. The average Bonchev–Trinajstić information content (AvgIpc) is 2.77. The van der Waals surface area contributed by atoms with Gasteiger partial charge in [0.1, 0.15) is 11.9 Å². The standard InChI is InChI=1S/C26H33FN2O2/c1-3-24(26(31)28-23-11-5-4-6-12-23)29(18-21-10-8-7-9-19(21)2)25(30)17-20-13-15-22(27)16-14-20/h7-10,13-16,23-24H,3-6,11-12,17-18H2,1-2H3,(H,28,31)/t24-/m0/s1. The summed E-state index contributed by atoms with van der Waals surface area (Å²) in [4.78, 5) is 28.3. The molecule has 2 amide bonds. The Labute approximate surface area is 184 Å². The Bertz CT molecular complexity index is 875. The fourth-order valence-electron chi connectivity index (χ4n) is 4.31. The van der Waals surface area contributed by atoms with Gasteiger partial charge in [-0.05, 0) is 55.0 Å². The predicted octanol–water partition coefficient (Wildman–Crippen LogP) is 4.93. The fraction of sp³-hybridized carbons (Fsp3) is 0.462. The smallest absolute Gasteiger partial charge is 0.243 e. The van der Waals surface area contributed by atoms with Gasteiger partial charge in [0.2, 0.25) is 11.8 Å². The van der Waals surface area contributed by atoms with Crippen LogP contribution in [0, 0.1) is 12.7 Å². The molecule has 1 N–H and O–H groups in total. The average molecular weight is 425 g/mol. The maximum Gasteiger partial charge on any atom is 0.243 e. The molecular weight excluding hydrogens is 391 g/mol. The maximum absolute atomic E-state index is 13.4. The highest BCUT2D eigenvalue weighted by atomic mass is 19.1. The van der Waals surface area contributed by atoms with Crippen molar-refractivity contribution in [2.75, 3.05) is 0 Å². The number of carbonyl (C=O) groups is 2. The zero-order valence-electron chi connectivity index (χ0n) is 18.6. The van der Waals surface area contributed by atoms with Crippen molar-refractivity contribution in [1.82, 2.24) is 10.2 Å². The minimum Gasteiger partial charge on any atom is -0.352 e. The molecule has 5 heteroatoms. The molecule has 166 valence electrons. The molecule has 4 nitrogen and oxygen atoms in total. The highest BCUT2D eigenvalue weighted by Crippen LogP contribution is 2.20. The molecule has 1 aliphatic rings. The van der Waals surface area contributed by atoms with Crippen LogP contribution < -0.4 is 5.32 Å². The van der Waals surface area contributed by atoms with E-state index < -0.39 is 6.04 Å². The van der Waals surface area contributed by atoms with Crippen molar-refractivity contribution >= 4 is 11.8 Å². The molecule has 2 aromatic rings. The van der Waals surface area contributed by atoms with E-state index >= 15 is 0 Å².